The van der Waals surface area contributed by atoms with Crippen LogP contribution in [0.4, 0.5) is 34.1 Å². The summed E-state index contributed by atoms with van der Waals surface area (Å²) in [5, 5.41) is 2.67. The number of piperazine rings is 1. The molecule has 3 fully saturated rings. The number of anilines is 2. The number of piperidine rings is 2. The fraction of sp³-hybridized carbons (Fsp3) is 0.610. The number of alkyl halides is 3. The normalized spacial score (nSPS) is 19.8. The van der Waals surface area contributed by atoms with Gasteiger partial charge in [-0.15, -0.1) is 0 Å². The first-order valence-electron chi connectivity index (χ1n) is 20.5. The van der Waals surface area contributed by atoms with Crippen molar-refractivity contribution in [2.45, 2.75) is 82.3 Å². The maximum absolute atomic E-state index is 14.2. The number of hydrogen-bond donors (Lipinski definition) is 2. The van der Waals surface area contributed by atoms with E-state index in [1.165, 1.54) is 11.0 Å². The summed E-state index contributed by atoms with van der Waals surface area (Å²) in [5.74, 6) is -0.764. The lowest BCUT2D eigenvalue weighted by atomic mass is 9.95. The van der Waals surface area contributed by atoms with E-state index in [-0.39, 0.29) is 54.2 Å². The molecule has 4 aliphatic rings. The number of para-hydroxylation sites is 1. The van der Waals surface area contributed by atoms with Crippen LogP contribution in [-0.2, 0) is 38.1 Å². The molecule has 0 bridgehead atoms. The van der Waals surface area contributed by atoms with Gasteiger partial charge in [0.05, 0.1) is 16.3 Å². The summed E-state index contributed by atoms with van der Waals surface area (Å²) in [5.41, 5.74) is 5.05. The number of halogens is 5. The van der Waals surface area contributed by atoms with Crippen molar-refractivity contribution in [3.8, 4) is 0 Å². The molecule has 0 aliphatic carbocycles. The summed E-state index contributed by atoms with van der Waals surface area (Å²) in [6.45, 7) is 8.96. The molecular formula is C41H55ClF3IN8O6. The molecule has 19 heteroatoms. The van der Waals surface area contributed by atoms with Gasteiger partial charge >= 0.3 is 24.3 Å². The van der Waals surface area contributed by atoms with Crippen molar-refractivity contribution < 1.29 is 41.8 Å². The Labute approximate surface area is 368 Å². The second-order valence-electron chi connectivity index (χ2n) is 16.5. The molecule has 3 saturated heterocycles. The molecule has 4 amide bonds. The Morgan fingerprint density at radius 1 is 0.950 bits per heavy atom. The largest absolute Gasteiger partial charge is 0.463 e. The maximum atomic E-state index is 14.2. The highest BCUT2D eigenvalue weighted by Crippen LogP contribution is 2.38. The summed E-state index contributed by atoms with van der Waals surface area (Å²) in [4.78, 5) is 63.4. The smallest absolute Gasteiger partial charge is 0.418 e. The SMILES string of the molecule is CN(I)CCOC(=O)C(C)(C)N1CCC(N2CCN(C(=O)[C@@H](Cc3cc(Cl)c(N)c(C(F)(F)F)c3)OC(=O)N3CCC(N4CCc5ccccc5NC4=O)CC3)CC2)CC1. The van der Waals surface area contributed by atoms with Gasteiger partial charge in [0.15, 0.2) is 6.10 Å². The van der Waals surface area contributed by atoms with Crippen molar-refractivity contribution >= 4 is 69.8 Å². The highest BCUT2D eigenvalue weighted by atomic mass is 127. The zero-order chi connectivity index (χ0) is 43.4. The number of nitrogens with one attached hydrogen (secondary N) is 1. The predicted octanol–water partition coefficient (Wildman–Crippen LogP) is 5.76. The Bertz CT molecular complexity index is 1870. The van der Waals surface area contributed by atoms with Crippen molar-refractivity contribution in [3.63, 3.8) is 0 Å². The lowest BCUT2D eigenvalue weighted by Crippen LogP contribution is -2.59. The number of carbonyl (C=O) groups is 4. The lowest BCUT2D eigenvalue weighted by Gasteiger charge is -2.46. The van der Waals surface area contributed by atoms with E-state index in [4.69, 9.17) is 26.8 Å². The molecule has 2 aromatic carbocycles. The lowest BCUT2D eigenvalue weighted by molar-refractivity contribution is -0.157. The van der Waals surface area contributed by atoms with Crippen LogP contribution < -0.4 is 11.1 Å². The maximum Gasteiger partial charge on any atom is 0.418 e. The molecule has 0 radical (unpaired) electrons. The predicted molar refractivity (Wildman–Crippen MR) is 230 cm³/mol. The van der Waals surface area contributed by atoms with E-state index in [9.17, 15) is 32.3 Å². The third-order valence-electron chi connectivity index (χ3n) is 12.3. The van der Waals surface area contributed by atoms with Crippen molar-refractivity contribution in [1.29, 1.82) is 0 Å². The summed E-state index contributed by atoms with van der Waals surface area (Å²) in [6.07, 6.45) is -4.02. The van der Waals surface area contributed by atoms with E-state index >= 15 is 0 Å². The van der Waals surface area contributed by atoms with Crippen LogP contribution >= 0.6 is 34.5 Å². The third kappa shape index (κ3) is 11.1. The van der Waals surface area contributed by atoms with E-state index in [0.717, 1.165) is 30.2 Å². The van der Waals surface area contributed by atoms with Gasteiger partial charge in [-0.1, -0.05) is 29.8 Å². The summed E-state index contributed by atoms with van der Waals surface area (Å²) in [7, 11) is 1.91. The van der Waals surface area contributed by atoms with Gasteiger partial charge in [0.2, 0.25) is 0 Å². The first kappa shape index (κ1) is 45.9. The Hall–Kier alpha value is -3.59. The molecule has 0 aromatic heterocycles. The van der Waals surface area contributed by atoms with Crippen LogP contribution in [0, 0.1) is 0 Å². The number of fused-ring (bicyclic) bond motifs is 1. The van der Waals surface area contributed by atoms with E-state index in [1.807, 2.05) is 48.3 Å². The first-order chi connectivity index (χ1) is 28.4. The minimum absolute atomic E-state index is 0.0501. The Balaban J connectivity index is 1.07. The van der Waals surface area contributed by atoms with Crippen LogP contribution in [0.3, 0.4) is 0 Å². The van der Waals surface area contributed by atoms with Gasteiger partial charge < -0.3 is 35.2 Å². The first-order valence-corrected chi connectivity index (χ1v) is 21.8. The number of ether oxygens (including phenoxy) is 2. The number of likely N-dealkylation sites (N-methyl/N-ethyl adjacent to an activating group) is 1. The highest BCUT2D eigenvalue weighted by Gasteiger charge is 2.41. The number of urea groups is 1. The molecule has 2 aromatic rings. The Kier molecular flexibility index (Phi) is 15.0. The summed E-state index contributed by atoms with van der Waals surface area (Å²) < 4.78 is 55.2. The number of nitrogen functional groups attached to an aromatic ring is 1. The molecule has 1 atom stereocenters. The molecule has 4 aliphatic heterocycles. The van der Waals surface area contributed by atoms with Gasteiger partial charge in [-0.25, -0.2) is 12.7 Å². The standard InChI is InChI=1S/C41H55ClF3IN8O6/c1-40(2,37(56)59-23-22-49(3)46)53-15-11-29(12-16-53)50-18-20-51(21-19-50)36(55)34(26-27-24-31(41(43,44)45)35(47)32(42)25-27)60-39(58)52-13-9-30(10-14-52)54-17-8-28-6-4-5-7-33(28)48-38(54)57/h4-7,24-25,29-30,34H,8-23,26,47H2,1-3H3,(H,48,57)/t34-/m1/s1. The number of esters is 1. The second kappa shape index (κ2) is 19.6. The molecule has 3 N–H and O–H groups in total. The number of carbonyl (C=O) groups excluding carboxylic acids is 4. The quantitative estimate of drug-likeness (QED) is 0.124. The highest BCUT2D eigenvalue weighted by molar-refractivity contribution is 14.1. The number of hydrogen-bond acceptors (Lipinski definition) is 10. The van der Waals surface area contributed by atoms with E-state index in [0.29, 0.717) is 78.2 Å². The summed E-state index contributed by atoms with van der Waals surface area (Å²) >= 11 is 8.30. The van der Waals surface area contributed by atoms with E-state index in [1.54, 1.807) is 9.80 Å². The Morgan fingerprint density at radius 2 is 1.60 bits per heavy atom. The zero-order valence-electron chi connectivity index (χ0n) is 34.3. The van der Waals surface area contributed by atoms with Gasteiger partial charge in [-0.3, -0.25) is 19.4 Å². The van der Waals surface area contributed by atoms with Crippen LogP contribution in [0.25, 0.3) is 0 Å². The minimum Gasteiger partial charge on any atom is -0.463 e. The average molecular weight is 975 g/mol. The van der Waals surface area contributed by atoms with Gasteiger partial charge in [-0.2, -0.15) is 13.2 Å². The third-order valence-corrected chi connectivity index (χ3v) is 13.1. The fourth-order valence-electron chi connectivity index (χ4n) is 8.59. The molecule has 14 nitrogen and oxygen atoms in total. The number of nitrogens with two attached hydrogens (primary N) is 1. The van der Waals surface area contributed by atoms with Crippen LogP contribution in [0.1, 0.15) is 56.2 Å². The van der Waals surface area contributed by atoms with Gasteiger partial charge in [-0.05, 0) is 82.3 Å². The summed E-state index contributed by atoms with van der Waals surface area (Å²) in [6, 6.07) is 9.70. The van der Waals surface area contributed by atoms with Gasteiger partial charge in [0.1, 0.15) is 12.1 Å². The molecule has 0 spiro atoms. The average Bonchev–Trinajstić information content (AvgIpc) is 3.39. The van der Waals surface area contributed by atoms with Crippen LogP contribution in [-0.4, -0.2) is 154 Å². The van der Waals surface area contributed by atoms with Gasteiger partial charge in [0.25, 0.3) is 5.91 Å². The molecule has 60 heavy (non-hydrogen) atoms. The molecular weight excluding hydrogens is 920 g/mol. The van der Waals surface area contributed by atoms with Crippen molar-refractivity contribution in [1.82, 2.24) is 27.6 Å². The number of likely N-dealkylation sites (tertiary alicyclic amines) is 2. The molecule has 330 valence electrons. The van der Waals surface area contributed by atoms with Crippen LogP contribution in [0.15, 0.2) is 36.4 Å². The number of rotatable bonds is 11. The van der Waals surface area contributed by atoms with E-state index < -0.39 is 41.1 Å². The topological polar surface area (TPSA) is 144 Å². The van der Waals surface area contributed by atoms with Crippen LogP contribution in [0.5, 0.6) is 0 Å². The number of benzene rings is 2. The molecule has 4 heterocycles. The molecule has 0 unspecified atom stereocenters. The van der Waals surface area contributed by atoms with Gasteiger partial charge in [0, 0.05) is 113 Å². The number of amides is 4. The minimum atomic E-state index is -4.80. The fourth-order valence-corrected chi connectivity index (χ4v) is 9.02. The van der Waals surface area contributed by atoms with Crippen molar-refractivity contribution in [3.05, 3.63) is 58.1 Å². The monoisotopic (exact) mass is 974 g/mol. The second-order valence-corrected chi connectivity index (χ2v) is 18.5. The number of nitrogens with zero attached hydrogens (tertiary/aromatic N) is 6. The van der Waals surface area contributed by atoms with E-state index in [2.05, 4.69) is 38.0 Å². The zero-order valence-corrected chi connectivity index (χ0v) is 37.2. The van der Waals surface area contributed by atoms with Crippen molar-refractivity contribution in [2.75, 3.05) is 90.2 Å². The molecule has 6 rings (SSSR count). The van der Waals surface area contributed by atoms with Crippen LogP contribution in [0.2, 0.25) is 5.02 Å². The Morgan fingerprint density at radius 3 is 2.25 bits per heavy atom. The van der Waals surface area contributed by atoms with Crippen molar-refractivity contribution in [2.24, 2.45) is 0 Å². The molecule has 0 saturated carbocycles.